The van der Waals surface area contributed by atoms with Gasteiger partial charge in [0.15, 0.2) is 0 Å². The molecule has 0 aliphatic carbocycles. The SMILES string of the molecule is Cl.N[C@H](c1cccc(Cl)c1O)[C@@H](O)Cc1ccccc1. The van der Waals surface area contributed by atoms with Crippen LogP contribution in [0.5, 0.6) is 5.75 Å². The Morgan fingerprint density at radius 3 is 2.35 bits per heavy atom. The van der Waals surface area contributed by atoms with E-state index >= 15 is 0 Å². The van der Waals surface area contributed by atoms with Gasteiger partial charge in [-0.05, 0) is 11.6 Å². The first-order valence-corrected chi connectivity index (χ1v) is 6.42. The van der Waals surface area contributed by atoms with Crippen molar-refractivity contribution in [2.75, 3.05) is 0 Å². The molecule has 2 aromatic rings. The van der Waals surface area contributed by atoms with Gasteiger partial charge in [-0.2, -0.15) is 0 Å². The zero-order chi connectivity index (χ0) is 13.8. The summed E-state index contributed by atoms with van der Waals surface area (Å²) in [5, 5.41) is 20.3. The van der Waals surface area contributed by atoms with Crippen molar-refractivity contribution in [3.05, 3.63) is 64.7 Å². The number of aliphatic hydroxyl groups is 1. The molecule has 0 spiro atoms. The summed E-state index contributed by atoms with van der Waals surface area (Å²) in [6, 6.07) is 13.8. The third-order valence-corrected chi connectivity index (χ3v) is 3.38. The number of benzene rings is 2. The van der Waals surface area contributed by atoms with Crippen LogP contribution < -0.4 is 5.73 Å². The summed E-state index contributed by atoms with van der Waals surface area (Å²) in [6.07, 6.45) is -0.361. The number of halogens is 2. The quantitative estimate of drug-likeness (QED) is 0.812. The smallest absolute Gasteiger partial charge is 0.139 e. The normalized spacial score (nSPS) is 13.3. The topological polar surface area (TPSA) is 66.5 Å². The third-order valence-electron chi connectivity index (χ3n) is 3.08. The number of aliphatic hydroxyl groups excluding tert-OH is 1. The van der Waals surface area contributed by atoms with Gasteiger partial charge in [0.05, 0.1) is 17.2 Å². The molecule has 0 bridgehead atoms. The highest BCUT2D eigenvalue weighted by Crippen LogP contribution is 2.32. The van der Waals surface area contributed by atoms with Gasteiger partial charge in [-0.1, -0.05) is 54.1 Å². The fraction of sp³-hybridized carbons (Fsp3) is 0.200. The maximum atomic E-state index is 10.2. The second-order valence-electron chi connectivity index (χ2n) is 4.46. The number of phenolic OH excluding ortho intramolecular Hbond substituents is 1. The molecule has 0 saturated heterocycles. The predicted molar refractivity (Wildman–Crippen MR) is 83.4 cm³/mol. The van der Waals surface area contributed by atoms with Crippen molar-refractivity contribution in [2.24, 2.45) is 5.73 Å². The first-order chi connectivity index (χ1) is 9.09. The van der Waals surface area contributed by atoms with Gasteiger partial charge in [0.25, 0.3) is 0 Å². The maximum absolute atomic E-state index is 10.2. The van der Waals surface area contributed by atoms with Crippen molar-refractivity contribution in [1.29, 1.82) is 0 Å². The Morgan fingerprint density at radius 2 is 1.70 bits per heavy atom. The van der Waals surface area contributed by atoms with Crippen LogP contribution in [0.15, 0.2) is 48.5 Å². The van der Waals surface area contributed by atoms with Crippen LogP contribution in [0.2, 0.25) is 5.02 Å². The van der Waals surface area contributed by atoms with Gasteiger partial charge in [-0.3, -0.25) is 0 Å². The van der Waals surface area contributed by atoms with E-state index in [0.29, 0.717) is 12.0 Å². The van der Waals surface area contributed by atoms with Gasteiger partial charge in [0, 0.05) is 12.0 Å². The highest BCUT2D eigenvalue weighted by atomic mass is 35.5. The zero-order valence-electron chi connectivity index (χ0n) is 10.7. The molecule has 2 rings (SSSR count). The number of hydrogen-bond donors (Lipinski definition) is 3. The lowest BCUT2D eigenvalue weighted by Crippen LogP contribution is -2.28. The van der Waals surface area contributed by atoms with E-state index in [4.69, 9.17) is 17.3 Å². The Morgan fingerprint density at radius 1 is 1.05 bits per heavy atom. The first kappa shape index (κ1) is 16.8. The van der Waals surface area contributed by atoms with Gasteiger partial charge < -0.3 is 15.9 Å². The molecule has 2 aromatic carbocycles. The minimum atomic E-state index is -0.785. The molecule has 0 aliphatic heterocycles. The molecule has 0 saturated carbocycles. The van der Waals surface area contributed by atoms with Crippen molar-refractivity contribution >= 4 is 24.0 Å². The highest BCUT2D eigenvalue weighted by molar-refractivity contribution is 6.32. The number of aromatic hydroxyl groups is 1. The van der Waals surface area contributed by atoms with Crippen LogP contribution in [0.4, 0.5) is 0 Å². The standard InChI is InChI=1S/C15H16ClNO2.ClH/c16-12-8-4-7-11(15(12)19)14(17)13(18)9-10-5-2-1-3-6-10;/h1-8,13-14,18-19H,9,17H2;1H/t13-,14+;/m0./s1. The Kier molecular flexibility index (Phi) is 6.30. The molecule has 2 atom stereocenters. The summed E-state index contributed by atoms with van der Waals surface area (Å²) in [4.78, 5) is 0. The Hall–Kier alpha value is -1.26. The summed E-state index contributed by atoms with van der Waals surface area (Å²) >= 11 is 5.84. The molecule has 0 aliphatic rings. The number of nitrogens with two attached hydrogens (primary N) is 1. The van der Waals surface area contributed by atoms with E-state index < -0.39 is 12.1 Å². The molecule has 4 N–H and O–H groups in total. The van der Waals surface area contributed by atoms with Crippen LogP contribution in [0.3, 0.4) is 0 Å². The van der Waals surface area contributed by atoms with Gasteiger partial charge in [-0.25, -0.2) is 0 Å². The molecule has 0 unspecified atom stereocenters. The van der Waals surface area contributed by atoms with Gasteiger partial charge in [-0.15, -0.1) is 12.4 Å². The van der Waals surface area contributed by atoms with E-state index in [2.05, 4.69) is 0 Å². The summed E-state index contributed by atoms with van der Waals surface area (Å²) in [5.74, 6) is -0.0659. The Balaban J connectivity index is 0.00000200. The van der Waals surface area contributed by atoms with Crippen LogP contribution in [0.25, 0.3) is 0 Å². The molecule has 0 aromatic heterocycles. The minimum absolute atomic E-state index is 0. The predicted octanol–water partition coefficient (Wildman–Crippen LogP) is 3.07. The molecule has 5 heteroatoms. The molecule has 0 amide bonds. The van der Waals surface area contributed by atoms with E-state index in [1.165, 1.54) is 0 Å². The molecule has 3 nitrogen and oxygen atoms in total. The van der Waals surface area contributed by atoms with Crippen LogP contribution in [0.1, 0.15) is 17.2 Å². The van der Waals surface area contributed by atoms with Gasteiger partial charge >= 0.3 is 0 Å². The summed E-state index contributed by atoms with van der Waals surface area (Å²) in [5.41, 5.74) is 7.43. The number of phenols is 1. The van der Waals surface area contributed by atoms with Crippen LogP contribution in [0, 0.1) is 0 Å². The molecule has 108 valence electrons. The van der Waals surface area contributed by atoms with E-state index in [1.807, 2.05) is 30.3 Å². The lowest BCUT2D eigenvalue weighted by atomic mass is 9.96. The van der Waals surface area contributed by atoms with Crippen molar-refractivity contribution in [1.82, 2.24) is 0 Å². The monoisotopic (exact) mass is 313 g/mol. The number of hydrogen-bond acceptors (Lipinski definition) is 3. The second kappa shape index (κ2) is 7.50. The van der Waals surface area contributed by atoms with Crippen LogP contribution in [-0.2, 0) is 6.42 Å². The lowest BCUT2D eigenvalue weighted by Gasteiger charge is -2.20. The summed E-state index contributed by atoms with van der Waals surface area (Å²) in [6.45, 7) is 0. The Labute approximate surface area is 129 Å². The van der Waals surface area contributed by atoms with Crippen molar-refractivity contribution in [3.63, 3.8) is 0 Å². The Bertz CT molecular complexity index is 549. The number of rotatable bonds is 4. The average Bonchev–Trinajstić information content (AvgIpc) is 2.42. The number of para-hydroxylation sites is 1. The van der Waals surface area contributed by atoms with Crippen molar-refractivity contribution < 1.29 is 10.2 Å². The third kappa shape index (κ3) is 3.87. The maximum Gasteiger partial charge on any atom is 0.139 e. The van der Waals surface area contributed by atoms with E-state index in [-0.39, 0.29) is 23.2 Å². The summed E-state index contributed by atoms with van der Waals surface area (Å²) < 4.78 is 0. The lowest BCUT2D eigenvalue weighted by molar-refractivity contribution is 0.144. The minimum Gasteiger partial charge on any atom is -0.506 e. The molecule has 0 fully saturated rings. The largest absolute Gasteiger partial charge is 0.506 e. The zero-order valence-corrected chi connectivity index (χ0v) is 12.3. The molecule has 20 heavy (non-hydrogen) atoms. The molecule has 0 radical (unpaired) electrons. The highest BCUT2D eigenvalue weighted by Gasteiger charge is 2.21. The fourth-order valence-electron chi connectivity index (χ4n) is 1.99. The second-order valence-corrected chi connectivity index (χ2v) is 4.87. The molecule has 0 heterocycles. The average molecular weight is 314 g/mol. The first-order valence-electron chi connectivity index (χ1n) is 6.04. The van der Waals surface area contributed by atoms with E-state index in [0.717, 1.165) is 5.56 Å². The van der Waals surface area contributed by atoms with E-state index in [1.54, 1.807) is 18.2 Å². The fourth-order valence-corrected chi connectivity index (χ4v) is 2.17. The molecular weight excluding hydrogens is 297 g/mol. The van der Waals surface area contributed by atoms with E-state index in [9.17, 15) is 10.2 Å². The van der Waals surface area contributed by atoms with Crippen molar-refractivity contribution in [3.8, 4) is 5.75 Å². The van der Waals surface area contributed by atoms with Gasteiger partial charge in [0.2, 0.25) is 0 Å². The summed E-state index contributed by atoms with van der Waals surface area (Å²) in [7, 11) is 0. The van der Waals surface area contributed by atoms with Crippen molar-refractivity contribution in [2.45, 2.75) is 18.6 Å². The molecular formula is C15H17Cl2NO2. The van der Waals surface area contributed by atoms with Gasteiger partial charge in [0.1, 0.15) is 5.75 Å². The van der Waals surface area contributed by atoms with Crippen LogP contribution >= 0.6 is 24.0 Å². The van der Waals surface area contributed by atoms with Crippen LogP contribution in [-0.4, -0.2) is 16.3 Å².